The molecule has 166 valence electrons. The molecule has 0 radical (unpaired) electrons. The Labute approximate surface area is 195 Å². The van der Waals surface area contributed by atoms with Gasteiger partial charge in [0.25, 0.3) is 0 Å². The molecule has 0 unspecified atom stereocenters. The Morgan fingerprint density at radius 2 is 1.79 bits per heavy atom. The second kappa shape index (κ2) is 8.31. The number of hydrogen-bond donors (Lipinski definition) is 1. The molecule has 1 fully saturated rings. The fourth-order valence-corrected chi connectivity index (χ4v) is 6.16. The number of hydrogen-bond acceptors (Lipinski definition) is 3. The van der Waals surface area contributed by atoms with Gasteiger partial charge in [-0.1, -0.05) is 60.7 Å². The van der Waals surface area contributed by atoms with E-state index in [0.29, 0.717) is 11.7 Å². The number of rotatable bonds is 4. The minimum atomic E-state index is 0.0322. The molecule has 0 spiro atoms. The molecule has 33 heavy (non-hydrogen) atoms. The van der Waals surface area contributed by atoms with Crippen LogP contribution in [0.15, 0.2) is 84.9 Å². The topological polar surface area (TPSA) is 36.4 Å². The van der Waals surface area contributed by atoms with Gasteiger partial charge in [-0.15, -0.1) is 0 Å². The third-order valence-corrected chi connectivity index (χ3v) is 7.96. The molecule has 2 atom stereocenters. The number of phenols is 1. The summed E-state index contributed by atoms with van der Waals surface area (Å²) in [6.45, 7) is 3.27. The van der Waals surface area contributed by atoms with E-state index in [1.54, 1.807) is 6.07 Å². The summed E-state index contributed by atoms with van der Waals surface area (Å²) in [4.78, 5) is 7.77. The predicted octanol–water partition coefficient (Wildman–Crippen LogP) is 5.54. The molecule has 1 saturated heterocycles. The number of phenolic OH excluding ortho intramolecular Hbond substituents is 1. The van der Waals surface area contributed by atoms with Crippen molar-refractivity contribution in [1.82, 2.24) is 9.88 Å². The first-order valence-corrected chi connectivity index (χ1v) is 12.1. The van der Waals surface area contributed by atoms with Gasteiger partial charge in [0.2, 0.25) is 0 Å². The second-order valence-corrected chi connectivity index (χ2v) is 9.86. The third-order valence-electron chi connectivity index (χ3n) is 7.96. The van der Waals surface area contributed by atoms with Crippen LogP contribution in [0.5, 0.6) is 5.75 Å². The van der Waals surface area contributed by atoms with Gasteiger partial charge < -0.3 is 10.0 Å². The van der Waals surface area contributed by atoms with Crippen molar-refractivity contribution in [3.63, 3.8) is 0 Å². The highest BCUT2D eigenvalue weighted by Crippen LogP contribution is 2.48. The molecule has 1 aliphatic heterocycles. The van der Waals surface area contributed by atoms with Crippen LogP contribution < -0.4 is 0 Å². The lowest BCUT2D eigenvalue weighted by atomic mass is 9.58. The van der Waals surface area contributed by atoms with Crippen molar-refractivity contribution in [3.05, 3.63) is 107 Å². The van der Waals surface area contributed by atoms with Crippen LogP contribution in [0.25, 0.3) is 10.9 Å². The van der Waals surface area contributed by atoms with E-state index >= 15 is 0 Å². The van der Waals surface area contributed by atoms with Gasteiger partial charge in [-0.25, -0.2) is 0 Å². The summed E-state index contributed by atoms with van der Waals surface area (Å²) in [5, 5.41) is 11.5. The van der Waals surface area contributed by atoms with Crippen LogP contribution in [0.2, 0.25) is 0 Å². The molecule has 0 saturated carbocycles. The highest BCUT2D eigenvalue weighted by Gasteiger charge is 2.47. The van der Waals surface area contributed by atoms with Crippen LogP contribution in [0.1, 0.15) is 28.8 Å². The summed E-state index contributed by atoms with van der Waals surface area (Å²) in [7, 11) is 0. The lowest BCUT2D eigenvalue weighted by Gasteiger charge is -2.51. The second-order valence-electron chi connectivity index (χ2n) is 9.86. The Morgan fingerprint density at radius 3 is 2.67 bits per heavy atom. The Balaban J connectivity index is 1.34. The van der Waals surface area contributed by atoms with Gasteiger partial charge in [-0.05, 0) is 72.7 Å². The maximum atomic E-state index is 10.3. The Morgan fingerprint density at radius 1 is 0.939 bits per heavy atom. The Kier molecular flexibility index (Phi) is 5.15. The standard InChI is InChI=1S/C30H30N2O/c33-27-11-6-10-25(19-27)30-14-16-32(15-13-22-7-2-1-3-8-22)21-26(30)18-24-17-23-9-4-5-12-28(23)31-29(24)20-30/h1-12,17,19,26,33H,13-16,18,20-21H2/t26-,30+/m0/s1. The molecule has 3 heteroatoms. The van der Waals surface area contributed by atoms with Gasteiger partial charge in [0.1, 0.15) is 5.75 Å². The van der Waals surface area contributed by atoms with Gasteiger partial charge in [0.15, 0.2) is 0 Å². The zero-order valence-electron chi connectivity index (χ0n) is 19.0. The smallest absolute Gasteiger partial charge is 0.115 e. The molecular formula is C30H30N2O. The average Bonchev–Trinajstić information content (AvgIpc) is 2.85. The zero-order valence-corrected chi connectivity index (χ0v) is 19.0. The summed E-state index contributed by atoms with van der Waals surface area (Å²) in [5.74, 6) is 0.878. The van der Waals surface area contributed by atoms with Crippen molar-refractivity contribution in [2.24, 2.45) is 5.92 Å². The van der Waals surface area contributed by atoms with Crippen molar-refractivity contribution < 1.29 is 5.11 Å². The molecule has 6 rings (SSSR count). The molecule has 1 N–H and O–H groups in total. The summed E-state index contributed by atoms with van der Waals surface area (Å²) in [5.41, 5.74) is 6.44. The number of likely N-dealkylation sites (tertiary alicyclic amines) is 1. The number of aromatic nitrogens is 1. The molecule has 0 amide bonds. The van der Waals surface area contributed by atoms with Crippen LogP contribution in [-0.4, -0.2) is 34.6 Å². The number of para-hydroxylation sites is 1. The van der Waals surface area contributed by atoms with E-state index in [1.165, 1.54) is 27.8 Å². The lowest BCUT2D eigenvalue weighted by Crippen LogP contribution is -2.54. The molecule has 2 heterocycles. The van der Waals surface area contributed by atoms with E-state index in [0.717, 1.165) is 50.8 Å². The molecule has 1 aromatic heterocycles. The SMILES string of the molecule is Oc1cccc([C@]23CCN(CCc4ccccc4)C[C@@H]2Cc2cc4ccccc4nc2C3)c1. The van der Waals surface area contributed by atoms with Crippen LogP contribution in [0.3, 0.4) is 0 Å². The van der Waals surface area contributed by atoms with Crippen molar-refractivity contribution in [3.8, 4) is 5.75 Å². The highest BCUT2D eigenvalue weighted by molar-refractivity contribution is 5.79. The number of benzene rings is 3. The monoisotopic (exact) mass is 434 g/mol. The van der Waals surface area contributed by atoms with E-state index in [9.17, 15) is 5.11 Å². The first kappa shape index (κ1) is 20.4. The van der Waals surface area contributed by atoms with Crippen molar-refractivity contribution >= 4 is 10.9 Å². The quantitative estimate of drug-likeness (QED) is 0.458. The van der Waals surface area contributed by atoms with Crippen molar-refractivity contribution in [2.45, 2.75) is 31.1 Å². The van der Waals surface area contributed by atoms with E-state index < -0.39 is 0 Å². The van der Waals surface area contributed by atoms with Gasteiger partial charge >= 0.3 is 0 Å². The normalized spacial score (nSPS) is 22.6. The fourth-order valence-electron chi connectivity index (χ4n) is 6.16. The molecule has 3 nitrogen and oxygen atoms in total. The lowest BCUT2D eigenvalue weighted by molar-refractivity contribution is 0.0816. The highest BCUT2D eigenvalue weighted by atomic mass is 16.3. The van der Waals surface area contributed by atoms with Crippen LogP contribution >= 0.6 is 0 Å². The zero-order chi connectivity index (χ0) is 22.3. The van der Waals surface area contributed by atoms with E-state index in [-0.39, 0.29) is 5.41 Å². The molecule has 0 bridgehead atoms. The largest absolute Gasteiger partial charge is 0.508 e. The number of nitrogens with zero attached hydrogens (tertiary/aromatic N) is 2. The van der Waals surface area contributed by atoms with Gasteiger partial charge in [0, 0.05) is 36.0 Å². The Bertz CT molecular complexity index is 1280. The molecule has 4 aromatic rings. The minimum absolute atomic E-state index is 0.0322. The number of fused-ring (bicyclic) bond motifs is 3. The summed E-state index contributed by atoms with van der Waals surface area (Å²) < 4.78 is 0. The molecule has 1 aliphatic carbocycles. The van der Waals surface area contributed by atoms with E-state index in [2.05, 4.69) is 71.6 Å². The van der Waals surface area contributed by atoms with Crippen molar-refractivity contribution in [2.75, 3.05) is 19.6 Å². The predicted molar refractivity (Wildman–Crippen MR) is 134 cm³/mol. The van der Waals surface area contributed by atoms with Crippen LogP contribution in [0.4, 0.5) is 0 Å². The molecular weight excluding hydrogens is 404 g/mol. The van der Waals surface area contributed by atoms with Crippen LogP contribution in [-0.2, 0) is 24.7 Å². The number of piperidine rings is 1. The van der Waals surface area contributed by atoms with Crippen LogP contribution in [0, 0.1) is 5.92 Å². The number of aromatic hydroxyl groups is 1. The van der Waals surface area contributed by atoms with Gasteiger partial charge in [-0.3, -0.25) is 4.98 Å². The van der Waals surface area contributed by atoms with Gasteiger partial charge in [0.05, 0.1) is 5.52 Å². The maximum Gasteiger partial charge on any atom is 0.115 e. The summed E-state index contributed by atoms with van der Waals surface area (Å²) in [6, 6.07) is 29.7. The fraction of sp³-hybridized carbons (Fsp3) is 0.300. The molecule has 2 aliphatic rings. The van der Waals surface area contributed by atoms with E-state index in [4.69, 9.17) is 4.98 Å². The Hall–Kier alpha value is -3.17. The molecule has 3 aromatic carbocycles. The average molecular weight is 435 g/mol. The first-order valence-electron chi connectivity index (χ1n) is 12.1. The third kappa shape index (κ3) is 3.81. The summed E-state index contributed by atoms with van der Waals surface area (Å²) >= 11 is 0. The first-order chi connectivity index (χ1) is 16.2. The minimum Gasteiger partial charge on any atom is -0.508 e. The van der Waals surface area contributed by atoms with Crippen molar-refractivity contribution in [1.29, 1.82) is 0 Å². The maximum absolute atomic E-state index is 10.3. The number of pyridine rings is 1. The van der Waals surface area contributed by atoms with Gasteiger partial charge in [-0.2, -0.15) is 0 Å². The summed E-state index contributed by atoms with van der Waals surface area (Å²) in [6.07, 6.45) is 4.19. The van der Waals surface area contributed by atoms with E-state index in [1.807, 2.05) is 12.1 Å².